The summed E-state index contributed by atoms with van der Waals surface area (Å²) in [7, 11) is -3.06. The Kier molecular flexibility index (Phi) is 6.89. The van der Waals surface area contributed by atoms with E-state index in [9.17, 15) is 18.3 Å². The smallest absolute Gasteiger partial charge is 0.151 e. The van der Waals surface area contributed by atoms with Crippen LogP contribution in [0.1, 0.15) is 22.3 Å². The Labute approximate surface area is 188 Å². The van der Waals surface area contributed by atoms with Gasteiger partial charge in [-0.1, -0.05) is 42.5 Å². The minimum Gasteiger partial charge on any atom is -0.491 e. The van der Waals surface area contributed by atoms with Gasteiger partial charge in [-0.05, 0) is 47.0 Å². The Bertz CT molecular complexity index is 1170. The summed E-state index contributed by atoms with van der Waals surface area (Å²) >= 11 is 0. The number of hydrogen-bond donors (Lipinski definition) is 1. The summed E-state index contributed by atoms with van der Waals surface area (Å²) < 4.78 is 29.9. The van der Waals surface area contributed by atoms with E-state index in [1.807, 2.05) is 18.2 Å². The number of ether oxygens (including phenoxy) is 1. The molecule has 0 aromatic heterocycles. The molecule has 1 saturated heterocycles. The van der Waals surface area contributed by atoms with E-state index in [-0.39, 0.29) is 24.2 Å². The van der Waals surface area contributed by atoms with Crippen molar-refractivity contribution in [3.05, 3.63) is 77.9 Å². The van der Waals surface area contributed by atoms with Crippen LogP contribution < -0.4 is 4.74 Å². The molecule has 0 amide bonds. The van der Waals surface area contributed by atoms with Crippen molar-refractivity contribution in [1.82, 2.24) is 4.90 Å². The first-order valence-electron chi connectivity index (χ1n) is 10.7. The van der Waals surface area contributed by atoms with Crippen LogP contribution in [-0.4, -0.2) is 61.5 Å². The van der Waals surface area contributed by atoms with Crippen LogP contribution in [0, 0.1) is 0 Å². The molecule has 1 N–H and O–H groups in total. The summed E-state index contributed by atoms with van der Waals surface area (Å²) in [5.74, 6) is 0.858. The van der Waals surface area contributed by atoms with Gasteiger partial charge in [0.1, 0.15) is 24.7 Å². The lowest BCUT2D eigenvalue weighted by Crippen LogP contribution is -2.42. The Hall–Kier alpha value is -2.74. The fourth-order valence-electron chi connectivity index (χ4n) is 4.21. The summed E-state index contributed by atoms with van der Waals surface area (Å²) in [5, 5.41) is 12.9. The average molecular weight is 454 g/mol. The summed E-state index contributed by atoms with van der Waals surface area (Å²) in [6.07, 6.45) is 0.534. The van der Waals surface area contributed by atoms with Crippen molar-refractivity contribution in [2.24, 2.45) is 0 Å². The lowest BCUT2D eigenvalue weighted by atomic mass is 10.0. The van der Waals surface area contributed by atoms with Crippen LogP contribution in [0.2, 0.25) is 0 Å². The molecule has 1 aliphatic rings. The SMILES string of the molecule is O=Cc1ccc(OCC(O)CN(Cc2cccc3ccccc23)C2CCS(=O)(=O)C2)cc1. The third-order valence-corrected chi connectivity index (χ3v) is 7.63. The van der Waals surface area contributed by atoms with Crippen molar-refractivity contribution in [3.8, 4) is 5.75 Å². The van der Waals surface area contributed by atoms with Gasteiger partial charge in [0.15, 0.2) is 9.84 Å². The second-order valence-corrected chi connectivity index (χ2v) is 10.5. The number of aliphatic hydroxyl groups is 1. The minimum absolute atomic E-state index is 0.0753. The molecular weight excluding hydrogens is 426 g/mol. The largest absolute Gasteiger partial charge is 0.491 e. The topological polar surface area (TPSA) is 83.9 Å². The number of carbonyl (C=O) groups excluding carboxylic acids is 1. The van der Waals surface area contributed by atoms with Crippen LogP contribution in [0.4, 0.5) is 0 Å². The first-order chi connectivity index (χ1) is 15.4. The molecule has 6 nitrogen and oxygen atoms in total. The van der Waals surface area contributed by atoms with Crippen molar-refractivity contribution in [2.75, 3.05) is 24.7 Å². The number of sulfone groups is 1. The highest BCUT2D eigenvalue weighted by atomic mass is 32.2. The monoisotopic (exact) mass is 453 g/mol. The van der Waals surface area contributed by atoms with Crippen LogP contribution in [0.3, 0.4) is 0 Å². The van der Waals surface area contributed by atoms with Crippen LogP contribution in [0.25, 0.3) is 10.8 Å². The van der Waals surface area contributed by atoms with Gasteiger partial charge in [0, 0.05) is 24.7 Å². The maximum absolute atomic E-state index is 12.1. The first-order valence-corrected chi connectivity index (χ1v) is 12.5. The van der Waals surface area contributed by atoms with Gasteiger partial charge in [-0.25, -0.2) is 8.42 Å². The van der Waals surface area contributed by atoms with Gasteiger partial charge in [0.2, 0.25) is 0 Å². The molecule has 0 spiro atoms. The lowest BCUT2D eigenvalue weighted by molar-refractivity contribution is 0.0526. The van der Waals surface area contributed by atoms with E-state index in [1.54, 1.807) is 24.3 Å². The molecule has 2 atom stereocenters. The van der Waals surface area contributed by atoms with Gasteiger partial charge in [0.05, 0.1) is 11.5 Å². The second kappa shape index (κ2) is 9.81. The Balaban J connectivity index is 1.48. The Morgan fingerprint density at radius 1 is 1.06 bits per heavy atom. The predicted octanol–water partition coefficient (Wildman–Crippen LogP) is 3.08. The van der Waals surface area contributed by atoms with Gasteiger partial charge in [0.25, 0.3) is 0 Å². The fraction of sp³-hybridized carbons (Fsp3) is 0.320. The third kappa shape index (κ3) is 5.54. The molecule has 3 aromatic carbocycles. The van der Waals surface area contributed by atoms with E-state index in [2.05, 4.69) is 29.2 Å². The highest BCUT2D eigenvalue weighted by Gasteiger charge is 2.33. The molecule has 1 fully saturated rings. The van der Waals surface area contributed by atoms with Crippen LogP contribution in [-0.2, 0) is 16.4 Å². The molecule has 3 aromatic rings. The molecule has 0 aliphatic carbocycles. The van der Waals surface area contributed by atoms with Gasteiger partial charge in [-0.15, -0.1) is 0 Å². The molecule has 0 bridgehead atoms. The van der Waals surface area contributed by atoms with Crippen molar-refractivity contribution < 1.29 is 23.1 Å². The normalized spacial score (nSPS) is 18.6. The quantitative estimate of drug-likeness (QED) is 0.502. The van der Waals surface area contributed by atoms with Crippen molar-refractivity contribution in [1.29, 1.82) is 0 Å². The standard InChI is InChI=1S/C25H27NO5S/c27-16-19-8-10-24(11-9-19)31-17-23(28)15-26(22-12-13-32(29,30)18-22)14-21-6-3-5-20-4-1-2-7-25(20)21/h1-11,16,22-23,28H,12-15,17-18H2. The van der Waals surface area contributed by atoms with Gasteiger partial charge >= 0.3 is 0 Å². The number of carbonyl (C=O) groups is 1. The molecule has 1 aliphatic heterocycles. The molecule has 0 radical (unpaired) electrons. The number of aliphatic hydroxyl groups excluding tert-OH is 1. The predicted molar refractivity (Wildman–Crippen MR) is 125 cm³/mol. The Morgan fingerprint density at radius 3 is 2.53 bits per heavy atom. The lowest BCUT2D eigenvalue weighted by Gasteiger charge is -2.30. The zero-order valence-corrected chi connectivity index (χ0v) is 18.6. The zero-order chi connectivity index (χ0) is 22.6. The molecular formula is C25H27NO5S. The van der Waals surface area contributed by atoms with E-state index >= 15 is 0 Å². The maximum atomic E-state index is 12.1. The molecule has 7 heteroatoms. The van der Waals surface area contributed by atoms with E-state index < -0.39 is 15.9 Å². The summed E-state index contributed by atoms with van der Waals surface area (Å²) in [6, 6.07) is 20.8. The van der Waals surface area contributed by atoms with Crippen LogP contribution in [0.5, 0.6) is 5.75 Å². The molecule has 2 unspecified atom stereocenters. The molecule has 1 heterocycles. The van der Waals surface area contributed by atoms with E-state index in [0.29, 0.717) is 30.8 Å². The van der Waals surface area contributed by atoms with Crippen molar-refractivity contribution in [3.63, 3.8) is 0 Å². The van der Waals surface area contributed by atoms with Gasteiger partial charge < -0.3 is 9.84 Å². The molecule has 4 rings (SSSR count). The Morgan fingerprint density at radius 2 is 1.81 bits per heavy atom. The molecule has 168 valence electrons. The van der Waals surface area contributed by atoms with Gasteiger partial charge in [-0.2, -0.15) is 0 Å². The fourth-order valence-corrected chi connectivity index (χ4v) is 5.98. The second-order valence-electron chi connectivity index (χ2n) is 8.28. The molecule has 32 heavy (non-hydrogen) atoms. The zero-order valence-electron chi connectivity index (χ0n) is 17.8. The van der Waals surface area contributed by atoms with Crippen molar-refractivity contribution in [2.45, 2.75) is 25.1 Å². The summed E-state index contributed by atoms with van der Waals surface area (Å²) in [5.41, 5.74) is 1.66. The van der Waals surface area contributed by atoms with Crippen LogP contribution in [0.15, 0.2) is 66.7 Å². The minimum atomic E-state index is -3.06. The van der Waals surface area contributed by atoms with Crippen LogP contribution >= 0.6 is 0 Å². The van der Waals surface area contributed by atoms with Crippen molar-refractivity contribution >= 4 is 26.9 Å². The highest BCUT2D eigenvalue weighted by Crippen LogP contribution is 2.24. The number of nitrogens with zero attached hydrogens (tertiary/aromatic N) is 1. The summed E-state index contributed by atoms with van der Waals surface area (Å²) in [4.78, 5) is 12.8. The van der Waals surface area contributed by atoms with E-state index in [1.165, 1.54) is 0 Å². The molecule has 0 saturated carbocycles. The van der Waals surface area contributed by atoms with Gasteiger partial charge in [-0.3, -0.25) is 9.69 Å². The summed E-state index contributed by atoms with van der Waals surface area (Å²) in [6.45, 7) is 0.925. The van der Waals surface area contributed by atoms with E-state index in [4.69, 9.17) is 4.74 Å². The average Bonchev–Trinajstić information content (AvgIpc) is 3.17. The van der Waals surface area contributed by atoms with E-state index in [0.717, 1.165) is 22.6 Å². The third-order valence-electron chi connectivity index (χ3n) is 5.88. The first kappa shape index (κ1) is 22.5. The number of fused-ring (bicyclic) bond motifs is 1. The highest BCUT2D eigenvalue weighted by molar-refractivity contribution is 7.91. The number of aldehydes is 1. The number of benzene rings is 3. The number of hydrogen-bond acceptors (Lipinski definition) is 6. The maximum Gasteiger partial charge on any atom is 0.151 e. The number of rotatable bonds is 9.